The average molecular weight is 407 g/mol. The third-order valence-corrected chi connectivity index (χ3v) is 4.96. The Morgan fingerprint density at radius 1 is 1.13 bits per heavy atom. The molecule has 2 aromatic carbocycles. The molecule has 30 heavy (non-hydrogen) atoms. The molecule has 1 fully saturated rings. The molecule has 0 bridgehead atoms. The van der Waals surface area contributed by atoms with Crippen LogP contribution < -0.4 is 14.8 Å². The van der Waals surface area contributed by atoms with Crippen molar-refractivity contribution in [2.24, 2.45) is 0 Å². The van der Waals surface area contributed by atoms with E-state index in [0.29, 0.717) is 30.6 Å². The van der Waals surface area contributed by atoms with Crippen molar-refractivity contribution >= 4 is 11.7 Å². The molecule has 1 aliphatic carbocycles. The molecule has 3 aromatic rings. The molecule has 0 saturated heterocycles. The van der Waals surface area contributed by atoms with Crippen LogP contribution in [0.25, 0.3) is 11.4 Å². The van der Waals surface area contributed by atoms with Crippen LogP contribution in [-0.4, -0.2) is 53.4 Å². The summed E-state index contributed by atoms with van der Waals surface area (Å²) in [5.41, 5.74) is 1.63. The number of aromatic amines is 1. The van der Waals surface area contributed by atoms with Gasteiger partial charge in [0.2, 0.25) is 0 Å². The van der Waals surface area contributed by atoms with E-state index in [1.165, 1.54) is 12.8 Å². The second kappa shape index (κ2) is 8.86. The third-order valence-electron chi connectivity index (χ3n) is 4.96. The van der Waals surface area contributed by atoms with E-state index in [2.05, 4.69) is 20.5 Å². The van der Waals surface area contributed by atoms with Crippen molar-refractivity contribution in [2.45, 2.75) is 18.8 Å². The molecule has 1 aromatic heterocycles. The Balaban J connectivity index is 1.25. The number of aromatic nitrogens is 3. The van der Waals surface area contributed by atoms with Gasteiger partial charge in [-0.15, -0.1) is 0 Å². The lowest BCUT2D eigenvalue weighted by atomic mass is 10.2. The van der Waals surface area contributed by atoms with Crippen LogP contribution >= 0.6 is 0 Å². The van der Waals surface area contributed by atoms with Crippen LogP contribution in [0.4, 0.5) is 10.5 Å². The number of carbonyl (C=O) groups is 1. The number of nitrogens with zero attached hydrogens (tertiary/aromatic N) is 3. The van der Waals surface area contributed by atoms with E-state index in [0.717, 1.165) is 22.9 Å². The number of carbonyl (C=O) groups excluding carboxylic acids is 1. The van der Waals surface area contributed by atoms with Gasteiger partial charge in [0.15, 0.2) is 5.82 Å². The van der Waals surface area contributed by atoms with Gasteiger partial charge in [0.05, 0.1) is 13.7 Å². The first-order valence-electron chi connectivity index (χ1n) is 9.94. The summed E-state index contributed by atoms with van der Waals surface area (Å²) >= 11 is 0. The van der Waals surface area contributed by atoms with Crippen molar-refractivity contribution in [2.75, 3.05) is 32.6 Å². The molecule has 8 heteroatoms. The van der Waals surface area contributed by atoms with Crippen LogP contribution in [0, 0.1) is 0 Å². The third kappa shape index (κ3) is 4.89. The molecule has 2 N–H and O–H groups in total. The van der Waals surface area contributed by atoms with Gasteiger partial charge in [-0.05, 0) is 61.4 Å². The number of methoxy groups -OCH3 is 1. The summed E-state index contributed by atoms with van der Waals surface area (Å²) in [6.07, 6.45) is 2.36. The molecule has 4 rings (SSSR count). The summed E-state index contributed by atoms with van der Waals surface area (Å²) in [7, 11) is 3.35. The van der Waals surface area contributed by atoms with Gasteiger partial charge < -0.3 is 19.7 Å². The zero-order valence-electron chi connectivity index (χ0n) is 17.1. The second-order valence-corrected chi connectivity index (χ2v) is 7.27. The fourth-order valence-electron chi connectivity index (χ4n) is 2.94. The average Bonchev–Trinajstić information content (AvgIpc) is 3.51. The molecule has 1 heterocycles. The topological polar surface area (TPSA) is 92.4 Å². The summed E-state index contributed by atoms with van der Waals surface area (Å²) in [5.74, 6) is 3.69. The number of hydrogen-bond donors (Lipinski definition) is 2. The quantitative estimate of drug-likeness (QED) is 0.591. The van der Waals surface area contributed by atoms with E-state index < -0.39 is 0 Å². The number of likely N-dealkylation sites (N-methyl/N-ethyl adjacent to an activating group) is 1. The number of benzene rings is 2. The highest BCUT2D eigenvalue weighted by atomic mass is 16.5. The number of anilines is 1. The van der Waals surface area contributed by atoms with Crippen LogP contribution in [0.15, 0.2) is 48.5 Å². The molecule has 8 nitrogen and oxygen atoms in total. The zero-order valence-corrected chi connectivity index (χ0v) is 17.1. The molecule has 0 radical (unpaired) electrons. The Kier molecular flexibility index (Phi) is 5.83. The molecule has 2 amide bonds. The first kappa shape index (κ1) is 19.8. The number of hydrogen-bond acceptors (Lipinski definition) is 5. The van der Waals surface area contributed by atoms with Crippen molar-refractivity contribution in [3.05, 3.63) is 54.4 Å². The van der Waals surface area contributed by atoms with Crippen LogP contribution in [-0.2, 0) is 0 Å². The van der Waals surface area contributed by atoms with Crippen LogP contribution in [0.2, 0.25) is 0 Å². The minimum absolute atomic E-state index is 0.199. The number of urea groups is 1. The normalized spacial score (nSPS) is 13.0. The maximum absolute atomic E-state index is 12.4. The molecule has 156 valence electrons. The number of H-pyrrole nitrogens is 1. The standard InChI is InChI=1S/C22H25N5O3/c1-27(13-14-30-19-11-9-18(29-2)10-12-19)22(28)23-17-7-5-16(6-8-17)21-24-20(25-26-21)15-3-4-15/h5-12,15H,3-4,13-14H2,1-2H3,(H,23,28)(H,24,25,26). The molecule has 0 aliphatic heterocycles. The fraction of sp³-hybridized carbons (Fsp3) is 0.318. The van der Waals surface area contributed by atoms with Gasteiger partial charge >= 0.3 is 6.03 Å². The van der Waals surface area contributed by atoms with Crippen molar-refractivity contribution in [3.63, 3.8) is 0 Å². The highest BCUT2D eigenvalue weighted by Gasteiger charge is 2.27. The molecular weight excluding hydrogens is 382 g/mol. The van der Waals surface area contributed by atoms with Crippen LogP contribution in [0.5, 0.6) is 11.5 Å². The Hall–Kier alpha value is -3.55. The van der Waals surface area contributed by atoms with E-state index in [4.69, 9.17) is 9.47 Å². The Morgan fingerprint density at radius 3 is 2.50 bits per heavy atom. The number of ether oxygens (including phenoxy) is 2. The van der Waals surface area contributed by atoms with E-state index >= 15 is 0 Å². The Morgan fingerprint density at radius 2 is 1.83 bits per heavy atom. The SMILES string of the molecule is COc1ccc(OCCN(C)C(=O)Nc2ccc(-c3n[nH]c(C4CC4)n3)cc2)cc1. The van der Waals surface area contributed by atoms with E-state index in [1.807, 2.05) is 48.5 Å². The maximum atomic E-state index is 12.4. The lowest BCUT2D eigenvalue weighted by Crippen LogP contribution is -2.34. The summed E-state index contributed by atoms with van der Waals surface area (Å²) in [6, 6.07) is 14.6. The maximum Gasteiger partial charge on any atom is 0.321 e. The van der Waals surface area contributed by atoms with Gasteiger partial charge in [0, 0.05) is 24.2 Å². The number of rotatable bonds is 8. The summed E-state index contributed by atoms with van der Waals surface area (Å²) in [4.78, 5) is 18.5. The van der Waals surface area contributed by atoms with Crippen molar-refractivity contribution in [3.8, 4) is 22.9 Å². The largest absolute Gasteiger partial charge is 0.497 e. The van der Waals surface area contributed by atoms with Gasteiger partial charge in [0.1, 0.15) is 23.9 Å². The van der Waals surface area contributed by atoms with Gasteiger partial charge in [0.25, 0.3) is 0 Å². The van der Waals surface area contributed by atoms with E-state index in [1.54, 1.807) is 19.1 Å². The molecule has 0 spiro atoms. The second-order valence-electron chi connectivity index (χ2n) is 7.27. The summed E-state index contributed by atoms with van der Waals surface area (Å²) < 4.78 is 10.8. The lowest BCUT2D eigenvalue weighted by Gasteiger charge is -2.18. The number of amides is 2. The molecule has 1 saturated carbocycles. The van der Waals surface area contributed by atoms with Crippen LogP contribution in [0.3, 0.4) is 0 Å². The molecule has 0 unspecified atom stereocenters. The van der Waals surface area contributed by atoms with Crippen molar-refractivity contribution < 1.29 is 14.3 Å². The van der Waals surface area contributed by atoms with Crippen molar-refractivity contribution in [1.82, 2.24) is 20.1 Å². The first-order valence-corrected chi connectivity index (χ1v) is 9.94. The van der Waals surface area contributed by atoms with Gasteiger partial charge in [-0.3, -0.25) is 5.10 Å². The minimum Gasteiger partial charge on any atom is -0.497 e. The lowest BCUT2D eigenvalue weighted by molar-refractivity contribution is 0.207. The minimum atomic E-state index is -0.199. The predicted molar refractivity (Wildman–Crippen MR) is 114 cm³/mol. The molecular formula is C22H25N5O3. The Labute approximate surface area is 175 Å². The number of nitrogens with one attached hydrogen (secondary N) is 2. The predicted octanol–water partition coefficient (Wildman–Crippen LogP) is 3.90. The van der Waals surface area contributed by atoms with Gasteiger partial charge in [-0.1, -0.05) is 0 Å². The highest BCUT2D eigenvalue weighted by Crippen LogP contribution is 2.38. The molecule has 0 atom stereocenters. The summed E-state index contributed by atoms with van der Waals surface area (Å²) in [5, 5.41) is 10.2. The smallest absolute Gasteiger partial charge is 0.321 e. The monoisotopic (exact) mass is 407 g/mol. The summed E-state index contributed by atoms with van der Waals surface area (Å²) in [6.45, 7) is 0.848. The van der Waals surface area contributed by atoms with E-state index in [9.17, 15) is 4.79 Å². The highest BCUT2D eigenvalue weighted by molar-refractivity contribution is 5.89. The first-order chi connectivity index (χ1) is 14.6. The van der Waals surface area contributed by atoms with Gasteiger partial charge in [-0.2, -0.15) is 5.10 Å². The van der Waals surface area contributed by atoms with Gasteiger partial charge in [-0.25, -0.2) is 9.78 Å². The fourth-order valence-corrected chi connectivity index (χ4v) is 2.94. The van der Waals surface area contributed by atoms with Crippen LogP contribution in [0.1, 0.15) is 24.6 Å². The Bertz CT molecular complexity index is 981. The molecule has 1 aliphatic rings. The van der Waals surface area contributed by atoms with Crippen molar-refractivity contribution in [1.29, 1.82) is 0 Å². The zero-order chi connectivity index (χ0) is 20.9. The van der Waals surface area contributed by atoms with E-state index in [-0.39, 0.29) is 6.03 Å².